The molecule has 0 radical (unpaired) electrons. The van der Waals surface area contributed by atoms with Gasteiger partial charge in [0.15, 0.2) is 5.01 Å². The van der Waals surface area contributed by atoms with Gasteiger partial charge in [-0.05, 0) is 37.0 Å². The van der Waals surface area contributed by atoms with Crippen molar-refractivity contribution >= 4 is 17.2 Å². The van der Waals surface area contributed by atoms with Gasteiger partial charge in [0.2, 0.25) is 0 Å². The van der Waals surface area contributed by atoms with E-state index in [1.807, 2.05) is 0 Å². The standard InChI is InChI=1S/C17H15FN2O2S/c18-13-3-1-2-12(10-13)4-5-16-19-11-15(23-16)17(22)20-8-6-14(21)7-9-20/h1-3,10-11,14,21H,6-9H2. The van der Waals surface area contributed by atoms with Crippen LogP contribution in [0.1, 0.15) is 33.1 Å². The second-order valence-electron chi connectivity index (χ2n) is 5.31. The molecule has 1 amide bonds. The molecule has 0 unspecified atom stereocenters. The SMILES string of the molecule is O=C(c1cnc(C#Cc2cccc(F)c2)s1)N1CCC(O)CC1. The molecule has 0 saturated carbocycles. The third kappa shape index (κ3) is 3.95. The van der Waals surface area contributed by atoms with Gasteiger partial charge in [0.05, 0.1) is 12.3 Å². The fourth-order valence-electron chi connectivity index (χ4n) is 2.35. The first-order chi connectivity index (χ1) is 11.1. The second-order valence-corrected chi connectivity index (χ2v) is 6.34. The maximum Gasteiger partial charge on any atom is 0.265 e. The number of likely N-dealkylation sites (tertiary alicyclic amines) is 1. The zero-order valence-corrected chi connectivity index (χ0v) is 13.1. The van der Waals surface area contributed by atoms with Gasteiger partial charge in [-0.25, -0.2) is 9.37 Å². The Morgan fingerprint density at radius 1 is 1.35 bits per heavy atom. The topological polar surface area (TPSA) is 53.4 Å². The molecule has 6 heteroatoms. The maximum absolute atomic E-state index is 13.1. The average Bonchev–Trinajstić information content (AvgIpc) is 3.02. The Morgan fingerprint density at radius 2 is 2.13 bits per heavy atom. The van der Waals surface area contributed by atoms with Crippen molar-refractivity contribution < 1.29 is 14.3 Å². The van der Waals surface area contributed by atoms with Crippen LogP contribution >= 0.6 is 11.3 Å². The van der Waals surface area contributed by atoms with E-state index in [2.05, 4.69) is 16.8 Å². The molecular weight excluding hydrogens is 315 g/mol. The summed E-state index contributed by atoms with van der Waals surface area (Å²) in [5.74, 6) is 5.28. The molecule has 3 rings (SSSR count). The Morgan fingerprint density at radius 3 is 2.87 bits per heavy atom. The van der Waals surface area contributed by atoms with Crippen LogP contribution in [0.3, 0.4) is 0 Å². The zero-order valence-electron chi connectivity index (χ0n) is 12.3. The zero-order chi connectivity index (χ0) is 16.2. The average molecular weight is 330 g/mol. The van der Waals surface area contributed by atoms with E-state index in [4.69, 9.17) is 0 Å². The number of carbonyl (C=O) groups excluding carboxylic acids is 1. The van der Waals surface area contributed by atoms with Crippen LogP contribution in [0, 0.1) is 17.7 Å². The number of nitrogens with zero attached hydrogens (tertiary/aromatic N) is 2. The molecular formula is C17H15FN2O2S. The molecule has 2 heterocycles. The van der Waals surface area contributed by atoms with Crippen LogP contribution in [-0.4, -0.2) is 40.1 Å². The molecule has 0 aliphatic carbocycles. The number of hydrogen-bond acceptors (Lipinski definition) is 4. The highest BCUT2D eigenvalue weighted by Crippen LogP contribution is 2.18. The van der Waals surface area contributed by atoms with E-state index in [1.54, 1.807) is 17.0 Å². The van der Waals surface area contributed by atoms with E-state index in [1.165, 1.54) is 29.7 Å². The Labute approximate surface area is 137 Å². The summed E-state index contributed by atoms with van der Waals surface area (Å²) >= 11 is 1.23. The van der Waals surface area contributed by atoms with Crippen molar-refractivity contribution in [3.8, 4) is 11.8 Å². The smallest absolute Gasteiger partial charge is 0.265 e. The number of halogens is 1. The predicted octanol–water partition coefficient (Wildman–Crippen LogP) is 2.28. The molecule has 2 aromatic rings. The summed E-state index contributed by atoms with van der Waals surface area (Å²) in [7, 11) is 0. The van der Waals surface area contributed by atoms with Gasteiger partial charge < -0.3 is 10.0 Å². The van der Waals surface area contributed by atoms with E-state index in [9.17, 15) is 14.3 Å². The Kier molecular flexibility index (Phi) is 4.70. The molecule has 1 N–H and O–H groups in total. The normalized spacial score (nSPS) is 15.1. The summed E-state index contributed by atoms with van der Waals surface area (Å²) in [6.07, 6.45) is 2.43. The summed E-state index contributed by atoms with van der Waals surface area (Å²) in [6.45, 7) is 1.12. The van der Waals surface area contributed by atoms with Crippen molar-refractivity contribution in [2.75, 3.05) is 13.1 Å². The highest BCUT2D eigenvalue weighted by atomic mass is 32.1. The summed E-state index contributed by atoms with van der Waals surface area (Å²) in [5.41, 5.74) is 0.568. The number of aliphatic hydroxyl groups excluding tert-OH is 1. The Balaban J connectivity index is 1.70. The largest absolute Gasteiger partial charge is 0.393 e. The van der Waals surface area contributed by atoms with Gasteiger partial charge in [-0.1, -0.05) is 12.0 Å². The lowest BCUT2D eigenvalue weighted by Gasteiger charge is -2.29. The molecule has 1 aliphatic rings. The van der Waals surface area contributed by atoms with E-state index >= 15 is 0 Å². The van der Waals surface area contributed by atoms with Gasteiger partial charge in [-0.3, -0.25) is 4.79 Å². The summed E-state index contributed by atoms with van der Waals surface area (Å²) in [5, 5.41) is 10.0. The fraction of sp³-hybridized carbons (Fsp3) is 0.294. The van der Waals surface area contributed by atoms with Crippen LogP contribution in [0.15, 0.2) is 30.5 Å². The molecule has 0 spiro atoms. The number of benzene rings is 1. The number of hydrogen-bond donors (Lipinski definition) is 1. The monoisotopic (exact) mass is 330 g/mol. The van der Waals surface area contributed by atoms with Gasteiger partial charge >= 0.3 is 0 Å². The second kappa shape index (κ2) is 6.90. The molecule has 1 aliphatic heterocycles. The third-order valence-electron chi connectivity index (χ3n) is 3.61. The fourth-order valence-corrected chi connectivity index (χ4v) is 3.09. The third-order valence-corrected chi connectivity index (χ3v) is 4.51. The highest BCUT2D eigenvalue weighted by Gasteiger charge is 2.23. The maximum atomic E-state index is 13.1. The molecule has 118 valence electrons. The van der Waals surface area contributed by atoms with E-state index in [0.29, 0.717) is 41.4 Å². The van der Waals surface area contributed by atoms with Crippen molar-refractivity contribution in [1.82, 2.24) is 9.88 Å². The van der Waals surface area contributed by atoms with Crippen LogP contribution < -0.4 is 0 Å². The number of aliphatic hydroxyl groups is 1. The molecule has 0 atom stereocenters. The molecule has 1 aromatic carbocycles. The molecule has 1 aromatic heterocycles. The van der Waals surface area contributed by atoms with Crippen LogP contribution in [-0.2, 0) is 0 Å². The van der Waals surface area contributed by atoms with Crippen molar-refractivity contribution in [2.24, 2.45) is 0 Å². The van der Waals surface area contributed by atoms with Crippen molar-refractivity contribution in [1.29, 1.82) is 0 Å². The quantitative estimate of drug-likeness (QED) is 0.816. The van der Waals surface area contributed by atoms with Crippen LogP contribution in [0.25, 0.3) is 0 Å². The first-order valence-electron chi connectivity index (χ1n) is 7.32. The molecule has 0 bridgehead atoms. The number of piperidine rings is 1. The molecule has 1 fully saturated rings. The number of carbonyl (C=O) groups is 1. The van der Waals surface area contributed by atoms with Crippen molar-refractivity contribution in [2.45, 2.75) is 18.9 Å². The predicted molar refractivity (Wildman–Crippen MR) is 85.6 cm³/mol. The Hall–Kier alpha value is -2.23. The van der Waals surface area contributed by atoms with E-state index in [-0.39, 0.29) is 17.8 Å². The molecule has 1 saturated heterocycles. The number of aromatic nitrogens is 1. The summed E-state index contributed by atoms with van der Waals surface area (Å²) < 4.78 is 13.1. The summed E-state index contributed by atoms with van der Waals surface area (Å²) in [6, 6.07) is 6.03. The Bertz CT molecular complexity index is 770. The lowest BCUT2D eigenvalue weighted by Crippen LogP contribution is -2.39. The minimum absolute atomic E-state index is 0.0757. The van der Waals surface area contributed by atoms with Gasteiger partial charge in [0.1, 0.15) is 10.7 Å². The van der Waals surface area contributed by atoms with Gasteiger partial charge in [-0.15, -0.1) is 11.3 Å². The van der Waals surface area contributed by atoms with Crippen LogP contribution in [0.2, 0.25) is 0 Å². The van der Waals surface area contributed by atoms with Gasteiger partial charge in [0, 0.05) is 18.7 Å². The van der Waals surface area contributed by atoms with E-state index < -0.39 is 0 Å². The number of rotatable bonds is 1. The van der Waals surface area contributed by atoms with Crippen LogP contribution in [0.4, 0.5) is 4.39 Å². The van der Waals surface area contributed by atoms with E-state index in [0.717, 1.165) is 0 Å². The number of amides is 1. The molecule has 4 nitrogen and oxygen atoms in total. The van der Waals surface area contributed by atoms with Crippen molar-refractivity contribution in [3.63, 3.8) is 0 Å². The molecule has 23 heavy (non-hydrogen) atoms. The highest BCUT2D eigenvalue weighted by molar-refractivity contribution is 7.14. The first kappa shape index (κ1) is 15.7. The minimum atomic E-state index is -0.334. The van der Waals surface area contributed by atoms with Crippen molar-refractivity contribution in [3.05, 3.63) is 51.7 Å². The minimum Gasteiger partial charge on any atom is -0.393 e. The lowest BCUT2D eigenvalue weighted by molar-refractivity contribution is 0.0550. The lowest BCUT2D eigenvalue weighted by atomic mass is 10.1. The van der Waals surface area contributed by atoms with Gasteiger partial charge in [0.25, 0.3) is 5.91 Å². The first-order valence-corrected chi connectivity index (χ1v) is 8.14. The summed E-state index contributed by atoms with van der Waals surface area (Å²) in [4.78, 5) is 18.8. The van der Waals surface area contributed by atoms with Gasteiger partial charge in [-0.2, -0.15) is 0 Å². The number of thiazole rings is 1. The van der Waals surface area contributed by atoms with Crippen LogP contribution in [0.5, 0.6) is 0 Å².